The molecule has 1 heterocycles. The molecule has 1 aromatic rings. The lowest BCUT2D eigenvalue weighted by atomic mass is 9.91. The summed E-state index contributed by atoms with van der Waals surface area (Å²) in [7, 11) is 0. The standard InChI is InChI=1S/C14H24N2OS/c1-2-5-14-15-12(11-18-14)10-16(8-4-9-17)13-6-3-7-13/h11,13,17H,2-10H2,1H3. The van der Waals surface area contributed by atoms with Crippen molar-refractivity contribution in [3.63, 3.8) is 0 Å². The molecule has 3 nitrogen and oxygen atoms in total. The van der Waals surface area contributed by atoms with E-state index >= 15 is 0 Å². The zero-order valence-corrected chi connectivity index (χ0v) is 12.1. The van der Waals surface area contributed by atoms with Crippen molar-refractivity contribution < 1.29 is 5.11 Å². The third-order valence-electron chi connectivity index (χ3n) is 3.62. The topological polar surface area (TPSA) is 36.4 Å². The number of hydrogen-bond acceptors (Lipinski definition) is 4. The van der Waals surface area contributed by atoms with Crippen LogP contribution in [0.5, 0.6) is 0 Å². The van der Waals surface area contributed by atoms with Gasteiger partial charge >= 0.3 is 0 Å². The number of nitrogens with zero attached hydrogens (tertiary/aromatic N) is 2. The summed E-state index contributed by atoms with van der Waals surface area (Å²) < 4.78 is 0. The van der Waals surface area contributed by atoms with Crippen molar-refractivity contribution in [3.05, 3.63) is 16.1 Å². The molecule has 18 heavy (non-hydrogen) atoms. The van der Waals surface area contributed by atoms with E-state index in [0.29, 0.717) is 6.61 Å². The third-order valence-corrected chi connectivity index (χ3v) is 4.58. The number of hydrogen-bond donors (Lipinski definition) is 1. The van der Waals surface area contributed by atoms with Crippen molar-refractivity contribution >= 4 is 11.3 Å². The quantitative estimate of drug-likeness (QED) is 0.787. The lowest BCUT2D eigenvalue weighted by Gasteiger charge is -2.37. The zero-order valence-electron chi connectivity index (χ0n) is 11.3. The molecule has 1 aliphatic rings. The van der Waals surface area contributed by atoms with Gasteiger partial charge in [0.05, 0.1) is 10.7 Å². The van der Waals surface area contributed by atoms with Gasteiger partial charge in [-0.15, -0.1) is 11.3 Å². The Balaban J connectivity index is 1.89. The van der Waals surface area contributed by atoms with Gasteiger partial charge in [0.1, 0.15) is 0 Å². The number of rotatable bonds is 8. The molecule has 0 atom stereocenters. The molecule has 1 saturated carbocycles. The molecule has 1 N–H and O–H groups in total. The number of aliphatic hydroxyl groups excluding tert-OH is 1. The smallest absolute Gasteiger partial charge is 0.0928 e. The van der Waals surface area contributed by atoms with Crippen LogP contribution in [0.3, 0.4) is 0 Å². The normalized spacial score (nSPS) is 16.2. The van der Waals surface area contributed by atoms with Crippen LogP contribution in [-0.2, 0) is 13.0 Å². The van der Waals surface area contributed by atoms with Gasteiger partial charge in [-0.05, 0) is 32.1 Å². The van der Waals surface area contributed by atoms with Crippen LogP contribution < -0.4 is 0 Å². The molecule has 0 radical (unpaired) electrons. The second-order valence-corrected chi connectivity index (χ2v) is 6.06. The molecular weight excluding hydrogens is 244 g/mol. The van der Waals surface area contributed by atoms with Crippen LogP contribution in [0.1, 0.15) is 49.7 Å². The maximum atomic E-state index is 8.99. The molecule has 1 fully saturated rings. The molecule has 102 valence electrons. The summed E-state index contributed by atoms with van der Waals surface area (Å²) in [6.07, 6.45) is 7.14. The van der Waals surface area contributed by atoms with Gasteiger partial charge in [0.2, 0.25) is 0 Å². The lowest BCUT2D eigenvalue weighted by molar-refractivity contribution is 0.108. The highest BCUT2D eigenvalue weighted by molar-refractivity contribution is 7.09. The van der Waals surface area contributed by atoms with E-state index in [1.165, 1.54) is 36.4 Å². The largest absolute Gasteiger partial charge is 0.396 e. The first-order valence-corrected chi connectivity index (χ1v) is 7.99. The number of aryl methyl sites for hydroxylation is 1. The molecule has 0 spiro atoms. The highest BCUT2D eigenvalue weighted by Crippen LogP contribution is 2.26. The van der Waals surface area contributed by atoms with E-state index < -0.39 is 0 Å². The van der Waals surface area contributed by atoms with Gasteiger partial charge in [0.15, 0.2) is 0 Å². The van der Waals surface area contributed by atoms with Gasteiger partial charge in [-0.2, -0.15) is 0 Å². The molecule has 0 bridgehead atoms. The summed E-state index contributed by atoms with van der Waals surface area (Å²) in [5, 5.41) is 12.5. The predicted molar refractivity (Wildman–Crippen MR) is 75.9 cm³/mol. The van der Waals surface area contributed by atoms with Crippen LogP contribution in [0.25, 0.3) is 0 Å². The van der Waals surface area contributed by atoms with Gasteiger partial charge < -0.3 is 5.11 Å². The second-order valence-electron chi connectivity index (χ2n) is 5.11. The molecule has 4 heteroatoms. The molecule has 0 unspecified atom stereocenters. The van der Waals surface area contributed by atoms with Gasteiger partial charge in [0, 0.05) is 31.1 Å². The first-order valence-electron chi connectivity index (χ1n) is 7.11. The number of aromatic nitrogens is 1. The van der Waals surface area contributed by atoms with Crippen molar-refractivity contribution in [2.24, 2.45) is 0 Å². The fraction of sp³-hybridized carbons (Fsp3) is 0.786. The van der Waals surface area contributed by atoms with E-state index in [-0.39, 0.29) is 0 Å². The number of thiazole rings is 1. The Bertz CT molecular complexity index is 349. The number of aliphatic hydroxyl groups is 1. The van der Waals surface area contributed by atoms with E-state index in [4.69, 9.17) is 10.1 Å². The Hall–Kier alpha value is -0.450. The van der Waals surface area contributed by atoms with Crippen LogP contribution in [0, 0.1) is 0 Å². The second kappa shape index (κ2) is 7.22. The molecular formula is C14H24N2OS. The molecule has 2 rings (SSSR count). The van der Waals surface area contributed by atoms with Crippen LogP contribution in [0.4, 0.5) is 0 Å². The Morgan fingerprint density at radius 2 is 2.33 bits per heavy atom. The summed E-state index contributed by atoms with van der Waals surface area (Å²) in [5.74, 6) is 0. The first kappa shape index (κ1) is 14.0. The van der Waals surface area contributed by atoms with Crippen LogP contribution in [0.15, 0.2) is 5.38 Å². The highest BCUT2D eigenvalue weighted by atomic mass is 32.1. The Kier molecular flexibility index (Phi) is 5.60. The summed E-state index contributed by atoms with van der Waals surface area (Å²) in [6, 6.07) is 0.730. The summed E-state index contributed by atoms with van der Waals surface area (Å²) in [4.78, 5) is 7.21. The predicted octanol–water partition coefficient (Wildman–Crippen LogP) is 2.83. The minimum absolute atomic E-state index is 0.293. The highest BCUT2D eigenvalue weighted by Gasteiger charge is 2.25. The van der Waals surface area contributed by atoms with Crippen LogP contribution in [-0.4, -0.2) is 34.2 Å². The minimum atomic E-state index is 0.293. The van der Waals surface area contributed by atoms with Crippen molar-refractivity contribution in [2.75, 3.05) is 13.2 Å². The van der Waals surface area contributed by atoms with E-state index in [9.17, 15) is 0 Å². The fourth-order valence-corrected chi connectivity index (χ4v) is 3.27. The van der Waals surface area contributed by atoms with Gasteiger partial charge in [-0.1, -0.05) is 13.3 Å². The monoisotopic (exact) mass is 268 g/mol. The van der Waals surface area contributed by atoms with E-state index in [1.807, 2.05) is 0 Å². The molecule has 1 aromatic heterocycles. The van der Waals surface area contributed by atoms with Crippen molar-refractivity contribution in [1.29, 1.82) is 0 Å². The Morgan fingerprint density at radius 3 is 2.94 bits per heavy atom. The van der Waals surface area contributed by atoms with Gasteiger partial charge in [0.25, 0.3) is 0 Å². The fourth-order valence-electron chi connectivity index (χ4n) is 2.37. The van der Waals surface area contributed by atoms with E-state index in [0.717, 1.165) is 32.0 Å². The van der Waals surface area contributed by atoms with Gasteiger partial charge in [-0.25, -0.2) is 4.98 Å². The average Bonchev–Trinajstić information content (AvgIpc) is 2.72. The zero-order chi connectivity index (χ0) is 12.8. The molecule has 0 saturated heterocycles. The lowest BCUT2D eigenvalue weighted by Crippen LogP contribution is -2.40. The van der Waals surface area contributed by atoms with E-state index in [1.54, 1.807) is 11.3 Å². The van der Waals surface area contributed by atoms with Gasteiger partial charge in [-0.3, -0.25) is 4.90 Å². The van der Waals surface area contributed by atoms with E-state index in [2.05, 4.69) is 17.2 Å². The van der Waals surface area contributed by atoms with Crippen LogP contribution in [0.2, 0.25) is 0 Å². The van der Waals surface area contributed by atoms with Crippen molar-refractivity contribution in [2.45, 2.75) is 58.0 Å². The summed E-state index contributed by atoms with van der Waals surface area (Å²) >= 11 is 1.79. The molecule has 1 aliphatic carbocycles. The SMILES string of the molecule is CCCc1nc(CN(CCCO)C2CCC2)cs1. The Labute approximate surface area is 114 Å². The van der Waals surface area contributed by atoms with Crippen LogP contribution >= 0.6 is 11.3 Å². The molecule has 0 amide bonds. The first-order chi connectivity index (χ1) is 8.83. The van der Waals surface area contributed by atoms with Crippen molar-refractivity contribution in [1.82, 2.24) is 9.88 Å². The maximum Gasteiger partial charge on any atom is 0.0928 e. The summed E-state index contributed by atoms with van der Waals surface area (Å²) in [6.45, 7) is 4.46. The summed E-state index contributed by atoms with van der Waals surface area (Å²) in [5.41, 5.74) is 1.22. The minimum Gasteiger partial charge on any atom is -0.396 e. The molecule has 0 aliphatic heterocycles. The molecule has 0 aromatic carbocycles. The Morgan fingerprint density at radius 1 is 1.50 bits per heavy atom. The average molecular weight is 268 g/mol. The maximum absolute atomic E-state index is 8.99. The van der Waals surface area contributed by atoms with Crippen molar-refractivity contribution in [3.8, 4) is 0 Å². The third kappa shape index (κ3) is 3.77.